The summed E-state index contributed by atoms with van der Waals surface area (Å²) in [6.45, 7) is 4.73. The lowest BCUT2D eigenvalue weighted by Gasteiger charge is -2.12. The summed E-state index contributed by atoms with van der Waals surface area (Å²) in [6.07, 6.45) is 1.62. The van der Waals surface area contributed by atoms with E-state index in [9.17, 15) is 4.79 Å². The van der Waals surface area contributed by atoms with Crippen molar-refractivity contribution in [2.45, 2.75) is 13.8 Å². The second-order valence-corrected chi connectivity index (χ2v) is 6.11. The van der Waals surface area contributed by atoms with Crippen LogP contribution in [0.15, 0.2) is 54.7 Å². The predicted octanol–water partition coefficient (Wildman–Crippen LogP) is 3.77. The Kier molecular flexibility index (Phi) is 5.88. The van der Waals surface area contributed by atoms with Gasteiger partial charge in [-0.1, -0.05) is 18.2 Å². The van der Waals surface area contributed by atoms with Gasteiger partial charge in [0, 0.05) is 30.4 Å². The molecule has 0 aliphatic heterocycles. The Bertz CT molecular complexity index is 920. The molecule has 0 bridgehead atoms. The van der Waals surface area contributed by atoms with Crippen molar-refractivity contribution in [2.75, 3.05) is 25.6 Å². The van der Waals surface area contributed by atoms with E-state index in [1.54, 1.807) is 25.4 Å². The summed E-state index contributed by atoms with van der Waals surface area (Å²) in [6, 6.07) is 15.4. The van der Waals surface area contributed by atoms with Crippen LogP contribution in [0.4, 0.5) is 5.69 Å². The summed E-state index contributed by atoms with van der Waals surface area (Å²) in [5.41, 5.74) is 4.04. The average molecular weight is 365 g/mol. The first-order chi connectivity index (χ1) is 13.1. The Morgan fingerprint density at radius 1 is 1.11 bits per heavy atom. The molecule has 0 saturated carbocycles. The van der Waals surface area contributed by atoms with Crippen LogP contribution >= 0.6 is 0 Å². The molecule has 3 aromatic rings. The number of para-hydroxylation sites is 1. The van der Waals surface area contributed by atoms with Crippen molar-refractivity contribution >= 4 is 11.6 Å². The molecule has 27 heavy (non-hydrogen) atoms. The second-order valence-electron chi connectivity index (χ2n) is 6.11. The van der Waals surface area contributed by atoms with Gasteiger partial charge in [-0.25, -0.2) is 4.98 Å². The lowest BCUT2D eigenvalue weighted by atomic mass is 10.2. The van der Waals surface area contributed by atoms with Crippen LogP contribution in [0.3, 0.4) is 0 Å². The van der Waals surface area contributed by atoms with Crippen molar-refractivity contribution < 1.29 is 14.3 Å². The first-order valence-corrected chi connectivity index (χ1v) is 8.74. The number of carbonyl (C=O) groups is 1. The zero-order chi connectivity index (χ0) is 19.2. The second kappa shape index (κ2) is 8.51. The van der Waals surface area contributed by atoms with E-state index < -0.39 is 0 Å². The Labute approximate surface area is 158 Å². The Morgan fingerprint density at radius 3 is 2.63 bits per heavy atom. The van der Waals surface area contributed by atoms with E-state index in [1.165, 1.54) is 0 Å². The van der Waals surface area contributed by atoms with E-state index in [1.807, 2.05) is 50.2 Å². The number of nitrogens with one attached hydrogen (secondary N) is 1. The molecule has 6 nitrogen and oxygen atoms in total. The first kappa shape index (κ1) is 18.7. The van der Waals surface area contributed by atoms with Gasteiger partial charge in [0.25, 0.3) is 5.91 Å². The van der Waals surface area contributed by atoms with E-state index in [4.69, 9.17) is 9.47 Å². The molecule has 1 aromatic carbocycles. The fourth-order valence-electron chi connectivity index (χ4n) is 2.98. The molecule has 6 heteroatoms. The molecule has 0 unspecified atom stereocenters. The monoisotopic (exact) mass is 365 g/mol. The number of aromatic nitrogens is 2. The molecule has 0 saturated heterocycles. The van der Waals surface area contributed by atoms with Gasteiger partial charge in [0.2, 0.25) is 5.88 Å². The molecule has 0 atom stereocenters. The molecule has 1 N–H and O–H groups in total. The third kappa shape index (κ3) is 4.17. The van der Waals surface area contributed by atoms with Gasteiger partial charge < -0.3 is 19.4 Å². The summed E-state index contributed by atoms with van der Waals surface area (Å²) in [7, 11) is 1.60. The van der Waals surface area contributed by atoms with Gasteiger partial charge >= 0.3 is 0 Å². The van der Waals surface area contributed by atoms with Crippen LogP contribution in [0.2, 0.25) is 0 Å². The highest BCUT2D eigenvalue weighted by Gasteiger charge is 2.18. The highest BCUT2D eigenvalue weighted by atomic mass is 16.5. The molecule has 0 spiro atoms. The first-order valence-electron chi connectivity index (χ1n) is 8.74. The standard InChI is InChI=1S/C21H23N3O3/c1-15-14-18(16(2)24(15)17-8-5-4-6-9-17)20(25)23-19-10-7-11-22-21(19)27-13-12-26-3/h4-11,14H,12-13H2,1-3H3,(H,23,25). The molecule has 2 heterocycles. The van der Waals surface area contributed by atoms with Gasteiger partial charge in [0.1, 0.15) is 12.3 Å². The number of nitrogens with zero attached hydrogens (tertiary/aromatic N) is 2. The summed E-state index contributed by atoms with van der Waals surface area (Å²) in [5, 5.41) is 2.91. The normalized spacial score (nSPS) is 10.6. The van der Waals surface area contributed by atoms with Crippen molar-refractivity contribution in [3.63, 3.8) is 0 Å². The van der Waals surface area contributed by atoms with Gasteiger partial charge in [-0.05, 0) is 44.2 Å². The maximum atomic E-state index is 12.9. The average Bonchev–Trinajstić information content (AvgIpc) is 2.98. The molecule has 2 aromatic heterocycles. The minimum atomic E-state index is -0.199. The molecule has 3 rings (SSSR count). The van der Waals surface area contributed by atoms with Gasteiger partial charge in [-0.2, -0.15) is 0 Å². The lowest BCUT2D eigenvalue weighted by molar-refractivity contribution is 0.102. The van der Waals surface area contributed by atoms with Crippen LogP contribution < -0.4 is 10.1 Å². The van der Waals surface area contributed by atoms with Crippen LogP contribution in [0.5, 0.6) is 5.88 Å². The number of hydrogen-bond donors (Lipinski definition) is 1. The number of hydrogen-bond acceptors (Lipinski definition) is 4. The van der Waals surface area contributed by atoms with Crippen LogP contribution in [-0.2, 0) is 4.74 Å². The molecule has 0 radical (unpaired) electrons. The highest BCUT2D eigenvalue weighted by Crippen LogP contribution is 2.24. The number of anilines is 1. The van der Waals surface area contributed by atoms with Gasteiger partial charge in [-0.3, -0.25) is 4.79 Å². The predicted molar refractivity (Wildman–Crippen MR) is 105 cm³/mol. The number of pyridine rings is 1. The summed E-state index contributed by atoms with van der Waals surface area (Å²) in [5.74, 6) is 0.176. The maximum absolute atomic E-state index is 12.9. The number of benzene rings is 1. The van der Waals surface area contributed by atoms with E-state index in [-0.39, 0.29) is 5.91 Å². The molecule has 0 fully saturated rings. The Morgan fingerprint density at radius 2 is 1.89 bits per heavy atom. The molecular weight excluding hydrogens is 342 g/mol. The highest BCUT2D eigenvalue weighted by molar-refractivity contribution is 6.06. The third-order valence-electron chi connectivity index (χ3n) is 4.24. The molecule has 0 aliphatic rings. The van der Waals surface area contributed by atoms with Crippen LogP contribution in [0.25, 0.3) is 5.69 Å². The van der Waals surface area contributed by atoms with Crippen molar-refractivity contribution in [2.24, 2.45) is 0 Å². The minimum Gasteiger partial charge on any atom is -0.474 e. The Hall–Kier alpha value is -3.12. The summed E-state index contributed by atoms with van der Waals surface area (Å²) < 4.78 is 12.6. The number of aryl methyl sites for hydroxylation is 1. The smallest absolute Gasteiger partial charge is 0.257 e. The maximum Gasteiger partial charge on any atom is 0.257 e. The van der Waals surface area contributed by atoms with Gasteiger partial charge in [0.15, 0.2) is 0 Å². The van der Waals surface area contributed by atoms with Gasteiger partial charge in [-0.15, -0.1) is 0 Å². The summed E-state index contributed by atoms with van der Waals surface area (Å²) in [4.78, 5) is 17.1. The fourth-order valence-corrected chi connectivity index (χ4v) is 2.98. The van der Waals surface area contributed by atoms with E-state index in [0.29, 0.717) is 30.3 Å². The van der Waals surface area contributed by atoms with E-state index in [0.717, 1.165) is 17.1 Å². The number of ether oxygens (including phenoxy) is 2. The van der Waals surface area contributed by atoms with Crippen LogP contribution in [0, 0.1) is 13.8 Å². The van der Waals surface area contributed by atoms with Crippen molar-refractivity contribution in [3.05, 3.63) is 71.7 Å². The Balaban J connectivity index is 1.84. The molecule has 0 aliphatic carbocycles. The number of carbonyl (C=O) groups excluding carboxylic acids is 1. The third-order valence-corrected chi connectivity index (χ3v) is 4.24. The molecule has 1 amide bonds. The number of rotatable bonds is 7. The topological polar surface area (TPSA) is 65.4 Å². The van der Waals surface area contributed by atoms with Crippen molar-refractivity contribution in [1.29, 1.82) is 0 Å². The summed E-state index contributed by atoms with van der Waals surface area (Å²) >= 11 is 0. The zero-order valence-electron chi connectivity index (χ0n) is 15.7. The van der Waals surface area contributed by atoms with Crippen molar-refractivity contribution in [1.82, 2.24) is 9.55 Å². The zero-order valence-corrected chi connectivity index (χ0v) is 15.7. The largest absolute Gasteiger partial charge is 0.474 e. The molecule has 140 valence electrons. The SMILES string of the molecule is COCCOc1ncccc1NC(=O)c1cc(C)n(-c2ccccc2)c1C. The lowest BCUT2D eigenvalue weighted by Crippen LogP contribution is -2.15. The fraction of sp³-hybridized carbons (Fsp3) is 0.238. The van der Waals surface area contributed by atoms with Crippen molar-refractivity contribution in [3.8, 4) is 11.6 Å². The van der Waals surface area contributed by atoms with Crippen LogP contribution in [-0.4, -0.2) is 35.8 Å². The van der Waals surface area contributed by atoms with Gasteiger partial charge in [0.05, 0.1) is 12.2 Å². The minimum absolute atomic E-state index is 0.199. The molecular formula is C21H23N3O3. The number of methoxy groups -OCH3 is 1. The van der Waals surface area contributed by atoms with E-state index in [2.05, 4.69) is 14.9 Å². The quantitative estimate of drug-likeness (QED) is 0.648. The van der Waals surface area contributed by atoms with E-state index >= 15 is 0 Å². The van der Waals surface area contributed by atoms with Crippen LogP contribution in [0.1, 0.15) is 21.7 Å². The number of amides is 1.